The van der Waals surface area contributed by atoms with Gasteiger partial charge in [-0.15, -0.1) is 33.3 Å². The monoisotopic (exact) mass is 392 g/mol. The molecule has 0 aliphatic heterocycles. The van der Waals surface area contributed by atoms with Crippen molar-refractivity contribution in [3.8, 4) is 0 Å². The van der Waals surface area contributed by atoms with Crippen molar-refractivity contribution >= 4 is 55.7 Å². The number of carbonyl (C=O) groups is 1. The molecule has 2 heterocycles. The summed E-state index contributed by atoms with van der Waals surface area (Å²) in [7, 11) is 0. The van der Waals surface area contributed by atoms with Gasteiger partial charge in [0, 0.05) is 12.2 Å². The van der Waals surface area contributed by atoms with Gasteiger partial charge in [-0.2, -0.15) is 0 Å². The Bertz CT molecular complexity index is 797. The maximum absolute atomic E-state index is 12.0. The molecule has 3 rings (SSSR count). The van der Waals surface area contributed by atoms with E-state index in [1.807, 2.05) is 18.2 Å². The van der Waals surface area contributed by atoms with E-state index < -0.39 is 0 Å². The van der Waals surface area contributed by atoms with Crippen LogP contribution in [-0.2, 0) is 17.0 Å². The second-order valence-corrected chi connectivity index (χ2v) is 8.74. The van der Waals surface area contributed by atoms with E-state index in [9.17, 15) is 4.79 Å². The Morgan fingerprint density at radius 3 is 2.88 bits per heavy atom. The molecule has 0 fully saturated rings. The Labute approximate surface area is 159 Å². The molecular weight excluding hydrogens is 372 g/mol. The number of hydrogen-bond acceptors (Lipinski definition) is 7. The number of thioether (sulfide) groups is 1. The zero-order valence-electron chi connectivity index (χ0n) is 14.0. The quantitative estimate of drug-likeness (QED) is 0.532. The summed E-state index contributed by atoms with van der Waals surface area (Å²) < 4.78 is 1.19. The van der Waals surface area contributed by atoms with Crippen LogP contribution in [0.4, 0.5) is 5.13 Å². The maximum Gasteiger partial charge on any atom is 0.236 e. The third kappa shape index (κ3) is 5.49. The number of para-hydroxylation sites is 1. The van der Waals surface area contributed by atoms with Gasteiger partial charge in [-0.3, -0.25) is 10.1 Å². The Morgan fingerprint density at radius 1 is 1.16 bits per heavy atom. The fourth-order valence-electron chi connectivity index (χ4n) is 2.30. The minimum Gasteiger partial charge on any atom is -0.300 e. The molecule has 0 aliphatic carbocycles. The van der Waals surface area contributed by atoms with Crippen molar-refractivity contribution in [2.24, 2.45) is 0 Å². The summed E-state index contributed by atoms with van der Waals surface area (Å²) in [5.41, 5.74) is 1.03. The van der Waals surface area contributed by atoms with Crippen molar-refractivity contribution in [3.63, 3.8) is 0 Å². The largest absolute Gasteiger partial charge is 0.300 e. The first-order valence-electron chi connectivity index (χ1n) is 8.29. The number of nitrogens with zero attached hydrogens (tertiary/aromatic N) is 3. The summed E-state index contributed by atoms with van der Waals surface area (Å²) in [6.07, 6.45) is 4.45. The standard InChI is InChI=1S/C17H20N4OS3/c1-2-3-4-9-15-20-21-17(25-15)19-14(22)10-23-11-16-18-12-7-5-6-8-13(12)24-16/h5-8H,2-4,9-11H2,1H3,(H,19,21,22). The van der Waals surface area contributed by atoms with Crippen LogP contribution >= 0.6 is 34.4 Å². The van der Waals surface area contributed by atoms with Gasteiger partial charge in [0.1, 0.15) is 10.0 Å². The van der Waals surface area contributed by atoms with E-state index in [-0.39, 0.29) is 5.91 Å². The average Bonchev–Trinajstić information content (AvgIpc) is 3.21. The van der Waals surface area contributed by atoms with Crippen molar-refractivity contribution in [3.05, 3.63) is 34.3 Å². The van der Waals surface area contributed by atoms with Gasteiger partial charge in [-0.1, -0.05) is 43.2 Å². The van der Waals surface area contributed by atoms with E-state index >= 15 is 0 Å². The topological polar surface area (TPSA) is 67.8 Å². The van der Waals surface area contributed by atoms with Gasteiger partial charge in [0.15, 0.2) is 0 Å². The van der Waals surface area contributed by atoms with Crippen molar-refractivity contribution < 1.29 is 4.79 Å². The molecule has 0 saturated carbocycles. The molecule has 1 aromatic carbocycles. The van der Waals surface area contributed by atoms with Gasteiger partial charge in [-0.05, 0) is 18.6 Å². The number of thiazole rings is 1. The number of fused-ring (bicyclic) bond motifs is 1. The number of anilines is 1. The van der Waals surface area contributed by atoms with Gasteiger partial charge >= 0.3 is 0 Å². The molecule has 0 bridgehead atoms. The van der Waals surface area contributed by atoms with Crippen LogP contribution in [0.3, 0.4) is 0 Å². The second kappa shape index (κ2) is 9.26. The molecule has 3 aromatic rings. The fourth-order valence-corrected chi connectivity index (χ4v) is 4.94. The highest BCUT2D eigenvalue weighted by Crippen LogP contribution is 2.25. The highest BCUT2D eigenvalue weighted by molar-refractivity contribution is 7.99. The highest BCUT2D eigenvalue weighted by atomic mass is 32.2. The molecule has 1 amide bonds. The number of carbonyl (C=O) groups excluding carboxylic acids is 1. The Morgan fingerprint density at radius 2 is 2.04 bits per heavy atom. The average molecular weight is 393 g/mol. The predicted octanol–water partition coefficient (Wildman–Crippen LogP) is 4.75. The first-order chi connectivity index (χ1) is 12.2. The third-order valence-corrected chi connectivity index (χ3v) is 6.57. The number of nitrogens with one attached hydrogen (secondary N) is 1. The van der Waals surface area contributed by atoms with Crippen molar-refractivity contribution in [1.29, 1.82) is 0 Å². The highest BCUT2D eigenvalue weighted by Gasteiger charge is 2.09. The molecule has 5 nitrogen and oxygen atoms in total. The van der Waals surface area contributed by atoms with E-state index in [2.05, 4.69) is 33.5 Å². The van der Waals surface area contributed by atoms with Gasteiger partial charge in [0.2, 0.25) is 11.0 Å². The van der Waals surface area contributed by atoms with E-state index in [0.717, 1.165) is 34.1 Å². The number of unbranched alkanes of at least 4 members (excludes halogenated alkanes) is 2. The second-order valence-electron chi connectivity index (χ2n) is 5.57. The maximum atomic E-state index is 12.0. The summed E-state index contributed by atoms with van der Waals surface area (Å²) in [4.78, 5) is 16.6. The minimum absolute atomic E-state index is 0.0395. The van der Waals surface area contributed by atoms with Crippen molar-refractivity contribution in [2.75, 3.05) is 11.1 Å². The number of rotatable bonds is 9. The van der Waals surface area contributed by atoms with Crippen LogP contribution in [0.25, 0.3) is 10.2 Å². The first kappa shape index (κ1) is 18.3. The lowest BCUT2D eigenvalue weighted by Gasteiger charge is -1.99. The van der Waals surface area contributed by atoms with Crippen molar-refractivity contribution in [1.82, 2.24) is 15.2 Å². The third-order valence-electron chi connectivity index (χ3n) is 3.50. The van der Waals surface area contributed by atoms with Crippen molar-refractivity contribution in [2.45, 2.75) is 38.4 Å². The fraction of sp³-hybridized carbons (Fsp3) is 0.412. The van der Waals surface area contributed by atoms with Crippen LogP contribution in [0, 0.1) is 0 Å². The van der Waals surface area contributed by atoms with Crippen LogP contribution in [-0.4, -0.2) is 26.8 Å². The van der Waals surface area contributed by atoms with E-state index in [1.165, 1.54) is 28.9 Å². The molecule has 25 heavy (non-hydrogen) atoms. The number of aromatic nitrogens is 3. The lowest BCUT2D eigenvalue weighted by atomic mass is 10.2. The lowest BCUT2D eigenvalue weighted by molar-refractivity contribution is -0.113. The Hall–Kier alpha value is -1.51. The van der Waals surface area contributed by atoms with Crippen LogP contribution in [0.2, 0.25) is 0 Å². The van der Waals surface area contributed by atoms with Crippen LogP contribution in [0.15, 0.2) is 24.3 Å². The molecule has 0 aliphatic rings. The summed E-state index contributed by atoms with van der Waals surface area (Å²) in [6.45, 7) is 2.18. The smallest absolute Gasteiger partial charge is 0.236 e. The molecule has 132 valence electrons. The van der Waals surface area contributed by atoms with E-state index in [4.69, 9.17) is 0 Å². The predicted molar refractivity (Wildman–Crippen MR) is 108 cm³/mol. The summed E-state index contributed by atoms with van der Waals surface area (Å²) in [5, 5.41) is 13.6. The summed E-state index contributed by atoms with van der Waals surface area (Å²) in [5.74, 6) is 1.09. The molecule has 0 spiro atoms. The molecule has 0 atom stereocenters. The lowest BCUT2D eigenvalue weighted by Crippen LogP contribution is -2.13. The zero-order valence-corrected chi connectivity index (χ0v) is 16.5. The Kier molecular flexibility index (Phi) is 6.77. The molecule has 0 radical (unpaired) electrons. The van der Waals surface area contributed by atoms with Gasteiger partial charge in [-0.25, -0.2) is 4.98 Å². The molecule has 8 heteroatoms. The molecule has 1 N–H and O–H groups in total. The van der Waals surface area contributed by atoms with Crippen LogP contribution < -0.4 is 5.32 Å². The molecule has 2 aromatic heterocycles. The van der Waals surface area contributed by atoms with Gasteiger partial charge in [0.25, 0.3) is 0 Å². The SMILES string of the molecule is CCCCCc1nnc(NC(=O)CSCc2nc3ccccc3s2)s1. The van der Waals surface area contributed by atoms with E-state index in [1.54, 1.807) is 23.1 Å². The zero-order chi connectivity index (χ0) is 17.5. The molecular formula is C17H20N4OS3. The normalized spacial score (nSPS) is 11.1. The summed E-state index contributed by atoms with van der Waals surface area (Å²) in [6, 6.07) is 8.09. The van der Waals surface area contributed by atoms with Crippen LogP contribution in [0.1, 0.15) is 36.2 Å². The first-order valence-corrected chi connectivity index (χ1v) is 11.1. The minimum atomic E-state index is -0.0395. The number of benzene rings is 1. The van der Waals surface area contributed by atoms with Gasteiger partial charge in [0.05, 0.1) is 16.0 Å². The number of amides is 1. The van der Waals surface area contributed by atoms with Gasteiger partial charge < -0.3 is 0 Å². The van der Waals surface area contributed by atoms with E-state index in [0.29, 0.717) is 10.9 Å². The Balaban J connectivity index is 1.42. The number of hydrogen-bond donors (Lipinski definition) is 1. The molecule has 0 saturated heterocycles. The summed E-state index contributed by atoms with van der Waals surface area (Å²) >= 11 is 4.72. The number of aryl methyl sites for hydroxylation is 1. The van der Waals surface area contributed by atoms with Crippen LogP contribution in [0.5, 0.6) is 0 Å². The molecule has 0 unspecified atom stereocenters.